The van der Waals surface area contributed by atoms with Crippen molar-refractivity contribution in [3.8, 4) is 5.75 Å². The minimum atomic E-state index is -4.86. The Hall–Kier alpha value is -2.68. The van der Waals surface area contributed by atoms with Crippen LogP contribution in [0.1, 0.15) is 15.4 Å². The number of aromatic nitrogens is 1. The number of halogens is 4. The Morgan fingerprint density at radius 1 is 1.17 bits per heavy atom. The fourth-order valence-electron chi connectivity index (χ4n) is 2.02. The van der Waals surface area contributed by atoms with E-state index in [1.807, 2.05) is 0 Å². The number of carbonyl (C=O) groups excluding carboxylic acids is 1. The molecule has 0 radical (unpaired) electrons. The van der Waals surface area contributed by atoms with Crippen molar-refractivity contribution in [3.05, 3.63) is 52.8 Å². The van der Waals surface area contributed by atoms with Crippen LogP contribution in [-0.4, -0.2) is 16.0 Å². The molecule has 3 rings (SSSR count). The molecule has 0 saturated carbocycles. The maximum atomic E-state index is 13.2. The number of carbonyl (C=O) groups is 1. The van der Waals surface area contributed by atoms with E-state index in [0.717, 1.165) is 17.4 Å². The smallest absolute Gasteiger partial charge is 0.419 e. The number of amides is 1. The number of hydrogen-bond donors (Lipinski definition) is 2. The maximum Gasteiger partial charge on any atom is 0.419 e. The Balaban J connectivity index is 1.88. The van der Waals surface area contributed by atoms with Gasteiger partial charge in [-0.15, -0.1) is 11.3 Å². The van der Waals surface area contributed by atoms with Crippen LogP contribution in [0.15, 0.2) is 36.4 Å². The van der Waals surface area contributed by atoms with Gasteiger partial charge in [-0.1, -0.05) is 0 Å². The van der Waals surface area contributed by atoms with Crippen molar-refractivity contribution in [1.82, 2.24) is 4.98 Å². The van der Waals surface area contributed by atoms with Crippen LogP contribution < -0.4 is 5.32 Å². The summed E-state index contributed by atoms with van der Waals surface area (Å²) in [7, 11) is 0. The Kier molecular flexibility index (Phi) is 3.88. The van der Waals surface area contributed by atoms with E-state index < -0.39 is 23.5 Å². The van der Waals surface area contributed by atoms with E-state index in [4.69, 9.17) is 0 Å². The van der Waals surface area contributed by atoms with Crippen molar-refractivity contribution < 1.29 is 27.5 Å². The van der Waals surface area contributed by atoms with Crippen LogP contribution in [-0.2, 0) is 6.18 Å². The first-order valence-electron chi connectivity index (χ1n) is 6.52. The molecule has 124 valence electrons. The van der Waals surface area contributed by atoms with Crippen molar-refractivity contribution >= 4 is 33.1 Å². The molecule has 2 aromatic carbocycles. The molecule has 0 fully saturated rings. The number of hydrogen-bond acceptors (Lipinski definition) is 4. The van der Waals surface area contributed by atoms with Gasteiger partial charge in [0.2, 0.25) is 0 Å². The molecule has 0 aliphatic rings. The van der Waals surface area contributed by atoms with Gasteiger partial charge in [0.1, 0.15) is 11.6 Å². The number of aromatic hydroxyl groups is 1. The van der Waals surface area contributed by atoms with E-state index in [2.05, 4.69) is 10.3 Å². The highest BCUT2D eigenvalue weighted by atomic mass is 32.1. The third kappa shape index (κ3) is 3.16. The van der Waals surface area contributed by atoms with E-state index in [-0.39, 0.29) is 16.4 Å². The van der Waals surface area contributed by atoms with Crippen molar-refractivity contribution in [3.63, 3.8) is 0 Å². The molecule has 0 unspecified atom stereocenters. The zero-order valence-corrected chi connectivity index (χ0v) is 12.5. The minimum Gasteiger partial charge on any atom is -0.508 e. The molecule has 1 aromatic heterocycles. The van der Waals surface area contributed by atoms with E-state index in [1.54, 1.807) is 0 Å². The van der Waals surface area contributed by atoms with Gasteiger partial charge in [0.05, 0.1) is 15.8 Å². The van der Waals surface area contributed by atoms with Gasteiger partial charge >= 0.3 is 6.18 Å². The Bertz CT molecular complexity index is 937. The fourth-order valence-corrected chi connectivity index (χ4v) is 2.91. The lowest BCUT2D eigenvalue weighted by Gasteiger charge is -2.10. The van der Waals surface area contributed by atoms with Gasteiger partial charge in [-0.3, -0.25) is 4.79 Å². The van der Waals surface area contributed by atoms with Gasteiger partial charge in [-0.05, 0) is 36.4 Å². The predicted molar refractivity (Wildman–Crippen MR) is 80.6 cm³/mol. The van der Waals surface area contributed by atoms with E-state index in [9.17, 15) is 27.5 Å². The molecule has 1 heterocycles. The van der Waals surface area contributed by atoms with Crippen molar-refractivity contribution in [2.75, 3.05) is 5.32 Å². The highest BCUT2D eigenvalue weighted by Gasteiger charge is 2.34. The van der Waals surface area contributed by atoms with Crippen LogP contribution in [0.5, 0.6) is 5.75 Å². The number of fused-ring (bicyclic) bond motifs is 1. The number of anilines is 1. The highest BCUT2D eigenvalue weighted by Crippen LogP contribution is 2.33. The molecule has 24 heavy (non-hydrogen) atoms. The van der Waals surface area contributed by atoms with Crippen molar-refractivity contribution in [1.29, 1.82) is 0 Å². The third-order valence-corrected chi connectivity index (χ3v) is 4.11. The molecule has 4 nitrogen and oxygen atoms in total. The Morgan fingerprint density at radius 2 is 1.92 bits per heavy atom. The summed E-state index contributed by atoms with van der Waals surface area (Å²) in [5.41, 5.74) is -1.19. The first-order chi connectivity index (χ1) is 11.2. The molecule has 3 aromatic rings. The third-order valence-electron chi connectivity index (χ3n) is 3.10. The molecule has 9 heteroatoms. The first kappa shape index (κ1) is 16.2. The Morgan fingerprint density at radius 3 is 2.62 bits per heavy atom. The monoisotopic (exact) mass is 356 g/mol. The second kappa shape index (κ2) is 5.75. The van der Waals surface area contributed by atoms with Crippen LogP contribution in [0, 0.1) is 5.82 Å². The van der Waals surface area contributed by atoms with Gasteiger partial charge < -0.3 is 10.4 Å². The van der Waals surface area contributed by atoms with E-state index >= 15 is 0 Å². The average molecular weight is 356 g/mol. The quantitative estimate of drug-likeness (QED) is 0.669. The molecule has 0 atom stereocenters. The van der Waals surface area contributed by atoms with Crippen molar-refractivity contribution in [2.45, 2.75) is 6.18 Å². The zero-order chi connectivity index (χ0) is 17.5. The first-order valence-corrected chi connectivity index (χ1v) is 7.33. The lowest BCUT2D eigenvalue weighted by Crippen LogP contribution is -2.14. The maximum absolute atomic E-state index is 13.2. The largest absolute Gasteiger partial charge is 0.508 e. The van der Waals surface area contributed by atoms with Gasteiger partial charge in [0.15, 0.2) is 5.01 Å². The topological polar surface area (TPSA) is 62.2 Å². The summed E-state index contributed by atoms with van der Waals surface area (Å²) in [6.45, 7) is 0. The minimum absolute atomic E-state index is 0.00598. The molecule has 0 bridgehead atoms. The molecular weight excluding hydrogens is 348 g/mol. The summed E-state index contributed by atoms with van der Waals surface area (Å²) in [4.78, 5) is 16.2. The molecule has 2 N–H and O–H groups in total. The van der Waals surface area contributed by atoms with Gasteiger partial charge in [-0.25, -0.2) is 9.37 Å². The number of nitrogens with one attached hydrogen (secondary N) is 1. The summed E-state index contributed by atoms with van der Waals surface area (Å²) in [6.07, 6.45) is -4.86. The zero-order valence-electron chi connectivity index (χ0n) is 11.7. The van der Waals surface area contributed by atoms with Crippen LogP contribution in [0.2, 0.25) is 0 Å². The molecule has 0 aliphatic carbocycles. The number of benzene rings is 2. The lowest BCUT2D eigenvalue weighted by molar-refractivity contribution is -0.139. The van der Waals surface area contributed by atoms with Gasteiger partial charge in [-0.2, -0.15) is 13.2 Å². The molecule has 0 spiro atoms. The number of phenolic OH excluding ortho intramolecular Hbond substituents is 1. The number of phenols is 1. The highest BCUT2D eigenvalue weighted by molar-refractivity contribution is 7.20. The fraction of sp³-hybridized carbons (Fsp3) is 0.0667. The van der Waals surface area contributed by atoms with Gasteiger partial charge in [0.25, 0.3) is 5.91 Å². The summed E-state index contributed by atoms with van der Waals surface area (Å²) in [5, 5.41) is 11.6. The van der Waals surface area contributed by atoms with E-state index in [1.165, 1.54) is 18.2 Å². The second-order valence-corrected chi connectivity index (χ2v) is 5.85. The Labute approximate surface area is 136 Å². The lowest BCUT2D eigenvalue weighted by atomic mass is 10.2. The molecule has 0 saturated heterocycles. The van der Waals surface area contributed by atoms with Crippen LogP contribution in [0.4, 0.5) is 23.2 Å². The second-order valence-electron chi connectivity index (χ2n) is 4.82. The molecule has 1 amide bonds. The van der Waals surface area contributed by atoms with Crippen molar-refractivity contribution in [2.24, 2.45) is 0 Å². The summed E-state index contributed by atoms with van der Waals surface area (Å²) in [6, 6.07) is 6.52. The average Bonchev–Trinajstić information content (AvgIpc) is 2.91. The molecule has 0 aliphatic heterocycles. The number of rotatable bonds is 2. The van der Waals surface area contributed by atoms with Crippen LogP contribution >= 0.6 is 11.3 Å². The molecular formula is C15H8F4N2O2S. The normalized spacial score (nSPS) is 11.7. The summed E-state index contributed by atoms with van der Waals surface area (Å²) < 4.78 is 51.8. The standard InChI is InChI=1S/C15H8F4N2O2S/c16-10-3-1-7(5-9(10)15(17,18)19)20-13(23)14-21-11-4-2-8(22)6-12(11)24-14/h1-6,22H,(H,20,23). The van der Waals surface area contributed by atoms with Crippen LogP contribution in [0.3, 0.4) is 0 Å². The summed E-state index contributed by atoms with van der Waals surface area (Å²) in [5.74, 6) is -2.14. The van der Waals surface area contributed by atoms with E-state index in [0.29, 0.717) is 22.3 Å². The summed E-state index contributed by atoms with van der Waals surface area (Å²) >= 11 is 0.972. The number of thiazole rings is 1. The van der Waals surface area contributed by atoms with Gasteiger partial charge in [0, 0.05) is 5.69 Å². The predicted octanol–water partition coefficient (Wildman–Crippen LogP) is 4.41. The van der Waals surface area contributed by atoms with Crippen LogP contribution in [0.25, 0.3) is 10.2 Å². The number of nitrogens with zero attached hydrogens (tertiary/aromatic N) is 1. The SMILES string of the molecule is O=C(Nc1ccc(F)c(C(F)(F)F)c1)c1nc2ccc(O)cc2s1. The number of alkyl halides is 3.